The maximum absolute atomic E-state index is 13.8. The SMILES string of the molecule is COc1cc(F)c([B]c2c(F)ccc(C)c2F)c(F)c1. The van der Waals surface area contributed by atoms with E-state index in [9.17, 15) is 17.6 Å². The standard InChI is InChI=1S/C14H10BF4O/c1-7-3-4-9(16)13(14(7)19)15-12-10(17)5-8(20-2)6-11(12)18/h3-6H,1-2H3. The van der Waals surface area contributed by atoms with Crippen LogP contribution in [0, 0.1) is 30.2 Å². The van der Waals surface area contributed by atoms with Crippen LogP contribution in [0.3, 0.4) is 0 Å². The van der Waals surface area contributed by atoms with Gasteiger partial charge in [-0.15, -0.1) is 0 Å². The molecule has 2 aromatic carbocycles. The molecule has 1 radical (unpaired) electrons. The summed E-state index contributed by atoms with van der Waals surface area (Å²) < 4.78 is 59.6. The predicted octanol–water partition coefficient (Wildman–Crippen LogP) is 2.22. The summed E-state index contributed by atoms with van der Waals surface area (Å²) in [5, 5.41) is 0. The van der Waals surface area contributed by atoms with E-state index in [1.54, 1.807) is 0 Å². The summed E-state index contributed by atoms with van der Waals surface area (Å²) in [7, 11) is 2.07. The second kappa shape index (κ2) is 5.57. The fourth-order valence-electron chi connectivity index (χ4n) is 1.77. The summed E-state index contributed by atoms with van der Waals surface area (Å²) in [6.07, 6.45) is 0. The Morgan fingerprint density at radius 1 is 0.900 bits per heavy atom. The number of rotatable bonds is 3. The highest BCUT2D eigenvalue weighted by Crippen LogP contribution is 2.13. The van der Waals surface area contributed by atoms with Crippen molar-refractivity contribution < 1.29 is 22.3 Å². The number of hydrogen-bond donors (Lipinski definition) is 0. The van der Waals surface area contributed by atoms with Crippen LogP contribution >= 0.6 is 0 Å². The third-order valence-electron chi connectivity index (χ3n) is 2.90. The van der Waals surface area contributed by atoms with E-state index in [1.807, 2.05) is 0 Å². The first kappa shape index (κ1) is 14.4. The molecule has 0 heterocycles. The lowest BCUT2D eigenvalue weighted by molar-refractivity contribution is 0.407. The molecule has 103 valence electrons. The smallest absolute Gasteiger partial charge is 0.207 e. The van der Waals surface area contributed by atoms with Crippen LogP contribution in [-0.2, 0) is 0 Å². The first-order chi connectivity index (χ1) is 9.43. The molecule has 0 aliphatic carbocycles. The van der Waals surface area contributed by atoms with Gasteiger partial charge in [-0.25, -0.2) is 17.6 Å². The number of methoxy groups -OCH3 is 1. The minimum atomic E-state index is -0.956. The summed E-state index contributed by atoms with van der Waals surface area (Å²) in [4.78, 5) is 0. The summed E-state index contributed by atoms with van der Waals surface area (Å²) in [5.74, 6) is -3.66. The van der Waals surface area contributed by atoms with E-state index in [1.165, 1.54) is 20.1 Å². The largest absolute Gasteiger partial charge is 0.497 e. The van der Waals surface area contributed by atoms with Crippen molar-refractivity contribution in [3.05, 3.63) is 53.1 Å². The Balaban J connectivity index is 2.48. The molecule has 2 rings (SSSR count). The quantitative estimate of drug-likeness (QED) is 0.619. The molecule has 0 spiro atoms. The van der Waals surface area contributed by atoms with Gasteiger partial charge < -0.3 is 4.74 Å². The van der Waals surface area contributed by atoms with E-state index in [2.05, 4.69) is 0 Å². The summed E-state index contributed by atoms with van der Waals surface area (Å²) >= 11 is 0. The average molecular weight is 281 g/mol. The highest BCUT2D eigenvalue weighted by atomic mass is 19.1. The van der Waals surface area contributed by atoms with E-state index in [0.29, 0.717) is 0 Å². The van der Waals surface area contributed by atoms with Gasteiger partial charge in [0.15, 0.2) is 0 Å². The lowest BCUT2D eigenvalue weighted by Crippen LogP contribution is -2.36. The summed E-state index contributed by atoms with van der Waals surface area (Å²) in [6.45, 7) is 1.44. The van der Waals surface area contributed by atoms with E-state index < -0.39 is 34.2 Å². The van der Waals surface area contributed by atoms with Crippen molar-refractivity contribution in [3.8, 4) is 5.75 Å². The Morgan fingerprint density at radius 3 is 2.05 bits per heavy atom. The highest BCUT2D eigenvalue weighted by molar-refractivity contribution is 6.67. The summed E-state index contributed by atoms with van der Waals surface area (Å²) in [5.41, 5.74) is -0.811. The molecule has 0 saturated heterocycles. The maximum atomic E-state index is 13.8. The van der Waals surface area contributed by atoms with Crippen LogP contribution in [0.25, 0.3) is 0 Å². The Hall–Kier alpha value is -1.98. The zero-order valence-corrected chi connectivity index (χ0v) is 10.8. The van der Waals surface area contributed by atoms with Crippen molar-refractivity contribution in [1.29, 1.82) is 0 Å². The lowest BCUT2D eigenvalue weighted by Gasteiger charge is -2.09. The first-order valence-electron chi connectivity index (χ1n) is 5.76. The number of benzene rings is 2. The van der Waals surface area contributed by atoms with Gasteiger partial charge in [-0.2, -0.15) is 0 Å². The Bertz CT molecular complexity index is 635. The van der Waals surface area contributed by atoms with Gasteiger partial charge in [-0.1, -0.05) is 6.07 Å². The van der Waals surface area contributed by atoms with Crippen molar-refractivity contribution in [1.82, 2.24) is 0 Å². The molecule has 0 bridgehead atoms. The van der Waals surface area contributed by atoms with Gasteiger partial charge in [-0.3, -0.25) is 0 Å². The van der Waals surface area contributed by atoms with Crippen LogP contribution in [0.2, 0.25) is 0 Å². The molecule has 20 heavy (non-hydrogen) atoms. The molecule has 0 N–H and O–H groups in total. The normalized spacial score (nSPS) is 10.5. The minimum absolute atomic E-state index is 0.0117. The number of aryl methyl sites for hydroxylation is 1. The third kappa shape index (κ3) is 2.64. The molecule has 0 fully saturated rings. The van der Waals surface area contributed by atoms with Crippen LogP contribution in [0.15, 0.2) is 24.3 Å². The summed E-state index contributed by atoms with van der Waals surface area (Å²) in [6, 6.07) is 4.19. The fraction of sp³-hybridized carbons (Fsp3) is 0.143. The Morgan fingerprint density at radius 2 is 1.50 bits per heavy atom. The van der Waals surface area contributed by atoms with Gasteiger partial charge in [0.25, 0.3) is 0 Å². The third-order valence-corrected chi connectivity index (χ3v) is 2.90. The molecule has 0 aromatic heterocycles. The fourth-order valence-corrected chi connectivity index (χ4v) is 1.77. The molecule has 0 aliphatic rings. The highest BCUT2D eigenvalue weighted by Gasteiger charge is 2.19. The van der Waals surface area contributed by atoms with Crippen molar-refractivity contribution >= 4 is 18.2 Å². The van der Waals surface area contributed by atoms with E-state index >= 15 is 0 Å². The van der Waals surface area contributed by atoms with Crippen LogP contribution in [0.1, 0.15) is 5.56 Å². The molecule has 0 saturated carbocycles. The number of ether oxygens (including phenoxy) is 1. The molecule has 2 aromatic rings. The van der Waals surface area contributed by atoms with Crippen molar-refractivity contribution in [2.45, 2.75) is 6.92 Å². The number of halogens is 4. The van der Waals surface area contributed by atoms with Gasteiger partial charge >= 0.3 is 0 Å². The zero-order valence-electron chi connectivity index (χ0n) is 10.8. The molecule has 0 unspecified atom stereocenters. The predicted molar refractivity (Wildman–Crippen MR) is 69.0 cm³/mol. The van der Waals surface area contributed by atoms with Crippen molar-refractivity contribution in [2.75, 3.05) is 7.11 Å². The molecule has 0 aliphatic heterocycles. The molecule has 6 heteroatoms. The van der Waals surface area contributed by atoms with Crippen LogP contribution in [0.4, 0.5) is 17.6 Å². The second-order valence-electron chi connectivity index (χ2n) is 4.24. The molecule has 0 atom stereocenters. The monoisotopic (exact) mass is 281 g/mol. The van der Waals surface area contributed by atoms with E-state index in [0.717, 1.165) is 25.5 Å². The maximum Gasteiger partial charge on any atom is 0.207 e. The van der Waals surface area contributed by atoms with Gasteiger partial charge in [0, 0.05) is 12.1 Å². The molecule has 1 nitrogen and oxygen atoms in total. The molecule has 0 amide bonds. The number of hydrogen-bond acceptors (Lipinski definition) is 1. The van der Waals surface area contributed by atoms with E-state index in [4.69, 9.17) is 4.74 Å². The van der Waals surface area contributed by atoms with Crippen LogP contribution in [-0.4, -0.2) is 14.4 Å². The second-order valence-corrected chi connectivity index (χ2v) is 4.24. The van der Waals surface area contributed by atoms with E-state index in [-0.39, 0.29) is 11.3 Å². The van der Waals surface area contributed by atoms with Crippen LogP contribution < -0.4 is 15.7 Å². The molecular formula is C14H10BF4O. The Kier molecular flexibility index (Phi) is 4.02. The molecular weight excluding hydrogens is 271 g/mol. The van der Waals surface area contributed by atoms with Crippen molar-refractivity contribution in [3.63, 3.8) is 0 Å². The van der Waals surface area contributed by atoms with Crippen LogP contribution in [0.5, 0.6) is 5.75 Å². The first-order valence-corrected chi connectivity index (χ1v) is 5.76. The average Bonchev–Trinajstić information content (AvgIpc) is 2.41. The van der Waals surface area contributed by atoms with Crippen molar-refractivity contribution in [2.24, 2.45) is 0 Å². The zero-order chi connectivity index (χ0) is 14.9. The lowest BCUT2D eigenvalue weighted by atomic mass is 9.62. The van der Waals surface area contributed by atoms with Gasteiger partial charge in [0.05, 0.1) is 7.11 Å². The Labute approximate surface area is 114 Å². The topological polar surface area (TPSA) is 9.23 Å². The van der Waals surface area contributed by atoms with Gasteiger partial charge in [0.2, 0.25) is 7.28 Å². The minimum Gasteiger partial charge on any atom is -0.497 e. The van der Waals surface area contributed by atoms with Gasteiger partial charge in [0.1, 0.15) is 29.0 Å². The van der Waals surface area contributed by atoms with Gasteiger partial charge in [-0.05, 0) is 29.5 Å².